The van der Waals surface area contributed by atoms with E-state index in [1.54, 1.807) is 12.1 Å². The van der Waals surface area contributed by atoms with Gasteiger partial charge in [-0.05, 0) is 48.3 Å². The minimum atomic E-state index is -1.17. The number of rotatable bonds is 6. The van der Waals surface area contributed by atoms with Crippen LogP contribution in [-0.4, -0.2) is 15.9 Å². The Morgan fingerprint density at radius 1 is 1.23 bits per heavy atom. The number of para-hydroxylation sites is 1. The minimum absolute atomic E-state index is 0.0448. The summed E-state index contributed by atoms with van der Waals surface area (Å²) in [6, 6.07) is 12.0. The Morgan fingerprint density at radius 2 is 2.00 bits per heavy atom. The van der Waals surface area contributed by atoms with Crippen LogP contribution >= 0.6 is 22.9 Å². The Balaban J connectivity index is 2.05. The molecule has 3 aromatic rings. The van der Waals surface area contributed by atoms with E-state index < -0.39 is 10.9 Å². The number of hydrogen-bond donors (Lipinski definition) is 0. The van der Waals surface area contributed by atoms with Crippen molar-refractivity contribution >= 4 is 56.5 Å². The van der Waals surface area contributed by atoms with Crippen molar-refractivity contribution in [1.82, 2.24) is 4.98 Å². The molecule has 0 N–H and O–H groups in total. The van der Waals surface area contributed by atoms with Crippen LogP contribution in [0.25, 0.3) is 21.9 Å². The van der Waals surface area contributed by atoms with Gasteiger partial charge in [0.15, 0.2) is 0 Å². The molecule has 0 amide bonds. The second-order valence-corrected chi connectivity index (χ2v) is 6.93. The molecule has 0 atom stereocenters. The van der Waals surface area contributed by atoms with Crippen molar-refractivity contribution in [3.8, 4) is 0 Å². The van der Waals surface area contributed by atoms with Crippen LogP contribution in [0.15, 0.2) is 42.5 Å². The number of hydrogen-bond acceptors (Lipinski definition) is 6. The number of aromatic nitrogens is 1. The van der Waals surface area contributed by atoms with Gasteiger partial charge in [0.05, 0.1) is 15.1 Å². The normalized spacial score (nSPS) is 11.7. The third-order valence-electron chi connectivity index (χ3n) is 3.67. The maximum absolute atomic E-state index is 11.1. The molecule has 3 rings (SSSR count). The molecule has 0 saturated carbocycles. The fourth-order valence-electron chi connectivity index (χ4n) is 2.45. The molecule has 0 radical (unpaired) electrons. The molecule has 0 aliphatic heterocycles. The van der Waals surface area contributed by atoms with Crippen LogP contribution in [0.1, 0.15) is 23.4 Å². The smallest absolute Gasteiger partial charge is 0.288 e. The van der Waals surface area contributed by atoms with Crippen LogP contribution in [-0.2, 0) is 4.79 Å². The van der Waals surface area contributed by atoms with Gasteiger partial charge in [-0.3, -0.25) is 10.1 Å². The van der Waals surface area contributed by atoms with Crippen molar-refractivity contribution in [2.24, 2.45) is 0 Å². The maximum Gasteiger partial charge on any atom is 0.288 e. The minimum Gasteiger partial charge on any atom is -0.550 e. The number of nitro benzene ring substituents is 1. The van der Waals surface area contributed by atoms with Crippen LogP contribution in [0, 0.1) is 10.1 Å². The Hall–Kier alpha value is -2.77. The lowest BCUT2D eigenvalue weighted by molar-refractivity contribution is -0.384. The molecule has 2 aromatic carbocycles. The highest BCUT2D eigenvalue weighted by atomic mass is 35.5. The Morgan fingerprint density at radius 3 is 2.69 bits per heavy atom. The van der Waals surface area contributed by atoms with Crippen LogP contribution in [0.2, 0.25) is 5.02 Å². The number of nitrogens with zero attached hydrogens (tertiary/aromatic N) is 2. The molecule has 132 valence electrons. The predicted octanol–water partition coefficient (Wildman–Crippen LogP) is 3.93. The van der Waals surface area contributed by atoms with Gasteiger partial charge in [0.25, 0.3) is 5.69 Å². The van der Waals surface area contributed by atoms with E-state index in [2.05, 4.69) is 4.98 Å². The number of carbonyl (C=O) groups is 1. The third-order valence-corrected chi connectivity index (χ3v) is 5.11. The Kier molecular flexibility index (Phi) is 5.29. The number of halogens is 1. The molecule has 0 aliphatic carbocycles. The first-order valence-electron chi connectivity index (χ1n) is 7.64. The van der Waals surface area contributed by atoms with Gasteiger partial charge in [-0.15, -0.1) is 11.3 Å². The van der Waals surface area contributed by atoms with Gasteiger partial charge in [-0.2, -0.15) is 0 Å². The number of carbonyl (C=O) groups excluding carboxylic acids is 1. The lowest BCUT2D eigenvalue weighted by atomic mass is 10.1. The fraction of sp³-hybridized carbons (Fsp3) is 0.111. The van der Waals surface area contributed by atoms with Crippen molar-refractivity contribution in [3.05, 3.63) is 68.2 Å². The summed E-state index contributed by atoms with van der Waals surface area (Å²) in [6.45, 7) is 0. The molecular weight excluding hydrogens is 376 g/mol. The summed E-state index contributed by atoms with van der Waals surface area (Å²) in [5.74, 6) is -1.17. The van der Waals surface area contributed by atoms with Crippen LogP contribution in [0.3, 0.4) is 0 Å². The Bertz CT molecular complexity index is 996. The van der Waals surface area contributed by atoms with Crippen LogP contribution in [0.5, 0.6) is 0 Å². The zero-order valence-electron chi connectivity index (χ0n) is 13.3. The first kappa shape index (κ1) is 18.0. The zero-order valence-corrected chi connectivity index (χ0v) is 14.9. The Labute approximate surface area is 157 Å². The molecule has 1 heterocycles. The largest absolute Gasteiger partial charge is 0.550 e. The van der Waals surface area contributed by atoms with Gasteiger partial charge < -0.3 is 9.90 Å². The number of benzene rings is 2. The van der Waals surface area contributed by atoms with E-state index in [0.717, 1.165) is 10.2 Å². The standard InChI is InChI=1S/C18H13ClN2O4S/c19-13-7-5-11(10-15(13)21(24)25)9-12(6-8-17(22)23)18-20-14-3-1-2-4-16(14)26-18/h1-5,7,9-10H,6,8H2,(H,22,23)/p-1/b12-9+. The molecule has 0 aliphatic rings. The van der Waals surface area contributed by atoms with E-state index in [1.807, 2.05) is 24.3 Å². The molecule has 0 bridgehead atoms. The molecule has 8 heteroatoms. The van der Waals surface area contributed by atoms with Crippen LogP contribution < -0.4 is 5.11 Å². The zero-order chi connectivity index (χ0) is 18.7. The van der Waals surface area contributed by atoms with Crippen molar-refractivity contribution in [2.45, 2.75) is 12.8 Å². The molecule has 26 heavy (non-hydrogen) atoms. The quantitative estimate of drug-likeness (QED) is 0.471. The lowest BCUT2D eigenvalue weighted by Gasteiger charge is -2.06. The molecule has 1 aromatic heterocycles. The number of allylic oxidation sites excluding steroid dienone is 1. The monoisotopic (exact) mass is 387 g/mol. The molecule has 0 unspecified atom stereocenters. The summed E-state index contributed by atoms with van der Waals surface area (Å²) in [5.41, 5.74) is 1.83. The average molecular weight is 388 g/mol. The molecular formula is C18H12ClN2O4S-. The number of fused-ring (bicyclic) bond motifs is 1. The highest BCUT2D eigenvalue weighted by Gasteiger charge is 2.14. The number of aliphatic carboxylic acids is 1. The highest BCUT2D eigenvalue weighted by molar-refractivity contribution is 7.19. The number of nitro groups is 1. The number of carboxylic acid groups (broad SMARTS) is 1. The predicted molar refractivity (Wildman–Crippen MR) is 99.8 cm³/mol. The first-order valence-corrected chi connectivity index (χ1v) is 8.84. The van der Waals surface area contributed by atoms with Gasteiger partial charge in [-0.1, -0.05) is 29.8 Å². The summed E-state index contributed by atoms with van der Waals surface area (Å²) in [7, 11) is 0. The average Bonchev–Trinajstić information content (AvgIpc) is 3.03. The van der Waals surface area contributed by atoms with E-state index in [-0.39, 0.29) is 23.6 Å². The van der Waals surface area contributed by atoms with Gasteiger partial charge in [0.2, 0.25) is 0 Å². The summed E-state index contributed by atoms with van der Waals surface area (Å²) < 4.78 is 0.976. The maximum atomic E-state index is 11.1. The molecule has 0 spiro atoms. The second-order valence-electron chi connectivity index (χ2n) is 5.50. The summed E-state index contributed by atoms with van der Waals surface area (Å²) in [4.78, 5) is 25.9. The van der Waals surface area contributed by atoms with Crippen molar-refractivity contribution in [2.75, 3.05) is 0 Å². The van der Waals surface area contributed by atoms with Gasteiger partial charge in [-0.25, -0.2) is 4.98 Å². The first-order chi connectivity index (χ1) is 12.4. The van der Waals surface area contributed by atoms with Crippen molar-refractivity contribution in [1.29, 1.82) is 0 Å². The van der Waals surface area contributed by atoms with Crippen molar-refractivity contribution < 1.29 is 14.8 Å². The summed E-state index contributed by atoms with van der Waals surface area (Å²) in [6.07, 6.45) is 1.74. The second kappa shape index (κ2) is 7.63. The molecule has 0 saturated heterocycles. The highest BCUT2D eigenvalue weighted by Crippen LogP contribution is 2.32. The number of thiazole rings is 1. The number of carboxylic acids is 1. The SMILES string of the molecule is O=C([O-])CC/C(=C\c1ccc(Cl)c([N+](=O)[O-])c1)c1nc2ccccc2s1. The van der Waals surface area contributed by atoms with E-state index in [0.29, 0.717) is 16.1 Å². The lowest BCUT2D eigenvalue weighted by Crippen LogP contribution is -2.21. The topological polar surface area (TPSA) is 96.2 Å². The summed E-state index contributed by atoms with van der Waals surface area (Å²) >= 11 is 7.28. The van der Waals surface area contributed by atoms with E-state index in [9.17, 15) is 20.0 Å². The summed E-state index contributed by atoms with van der Waals surface area (Å²) in [5, 5.41) is 22.7. The van der Waals surface area contributed by atoms with Gasteiger partial charge in [0.1, 0.15) is 10.0 Å². The van der Waals surface area contributed by atoms with E-state index in [1.165, 1.54) is 23.5 Å². The van der Waals surface area contributed by atoms with E-state index >= 15 is 0 Å². The molecule has 6 nitrogen and oxygen atoms in total. The van der Waals surface area contributed by atoms with Crippen molar-refractivity contribution in [3.63, 3.8) is 0 Å². The van der Waals surface area contributed by atoms with Crippen LogP contribution in [0.4, 0.5) is 5.69 Å². The van der Waals surface area contributed by atoms with E-state index in [4.69, 9.17) is 11.6 Å². The van der Waals surface area contributed by atoms with Gasteiger partial charge in [0, 0.05) is 12.0 Å². The fourth-order valence-corrected chi connectivity index (χ4v) is 3.64. The molecule has 0 fully saturated rings. The third kappa shape index (κ3) is 4.07. The van der Waals surface area contributed by atoms with Gasteiger partial charge >= 0.3 is 0 Å².